The van der Waals surface area contributed by atoms with E-state index in [9.17, 15) is 18.0 Å². The largest absolute Gasteiger partial charge is 0.573 e. The third-order valence-corrected chi connectivity index (χ3v) is 4.60. The van der Waals surface area contributed by atoms with Crippen LogP contribution in [0.5, 0.6) is 5.75 Å². The van der Waals surface area contributed by atoms with Crippen molar-refractivity contribution in [3.05, 3.63) is 77.9 Å². The Balaban J connectivity index is 1.66. The van der Waals surface area contributed by atoms with Crippen molar-refractivity contribution in [2.24, 2.45) is 4.99 Å². The van der Waals surface area contributed by atoms with Crippen molar-refractivity contribution in [1.29, 1.82) is 5.26 Å². The number of hydrogen-bond donors (Lipinski definition) is 1. The summed E-state index contributed by atoms with van der Waals surface area (Å²) in [4.78, 5) is 17.0. The van der Waals surface area contributed by atoms with Crippen molar-refractivity contribution >= 4 is 23.0 Å². The van der Waals surface area contributed by atoms with Gasteiger partial charge in [0.25, 0.3) is 0 Å². The Morgan fingerprint density at radius 1 is 0.968 bits per heavy atom. The topological polar surface area (TPSA) is 74.5 Å². The van der Waals surface area contributed by atoms with Crippen LogP contribution in [0.15, 0.2) is 71.7 Å². The maximum atomic E-state index is 12.4. The van der Waals surface area contributed by atoms with E-state index < -0.39 is 6.36 Å². The lowest BCUT2D eigenvalue weighted by Gasteiger charge is -2.11. The average Bonchev–Trinajstić information content (AvgIpc) is 2.90. The average molecular weight is 421 g/mol. The number of nitrogens with one attached hydrogen (secondary N) is 1. The number of anilines is 1. The third kappa shape index (κ3) is 4.73. The van der Waals surface area contributed by atoms with Crippen LogP contribution in [0.1, 0.15) is 17.5 Å². The van der Waals surface area contributed by atoms with Gasteiger partial charge in [-0.15, -0.1) is 13.2 Å². The lowest BCUT2D eigenvalue weighted by atomic mass is 10.0. The predicted molar refractivity (Wildman–Crippen MR) is 109 cm³/mol. The van der Waals surface area contributed by atoms with Crippen molar-refractivity contribution < 1.29 is 22.7 Å². The maximum Gasteiger partial charge on any atom is 0.573 e. The molecule has 0 spiro atoms. The van der Waals surface area contributed by atoms with Gasteiger partial charge >= 0.3 is 6.36 Å². The number of carbonyl (C=O) groups is 1. The molecule has 5 nitrogen and oxygen atoms in total. The number of rotatable bonds is 3. The van der Waals surface area contributed by atoms with Crippen LogP contribution in [0.2, 0.25) is 0 Å². The summed E-state index contributed by atoms with van der Waals surface area (Å²) in [6.45, 7) is 0. The van der Waals surface area contributed by atoms with Crippen LogP contribution in [0.25, 0.3) is 11.1 Å². The van der Waals surface area contributed by atoms with Gasteiger partial charge in [-0.25, -0.2) is 0 Å². The summed E-state index contributed by atoms with van der Waals surface area (Å²) in [5.74, 6) is -0.570. The Morgan fingerprint density at radius 2 is 1.71 bits per heavy atom. The Morgan fingerprint density at radius 3 is 2.42 bits per heavy atom. The standard InChI is InChI=1S/C23H14F3N3O2/c24-23(25,26)31-18-7-4-15(5-8-18)16-6-9-19-21(11-16)29-22(30)12-20(28-19)17-3-1-2-14(10-17)13-27/h1-11H,12H2,(H,29,30). The number of carbonyl (C=O) groups excluding carboxylic acids is 1. The molecule has 3 aromatic rings. The molecule has 0 fully saturated rings. The van der Waals surface area contributed by atoms with Gasteiger partial charge in [0.1, 0.15) is 5.75 Å². The van der Waals surface area contributed by atoms with Crippen LogP contribution in [0.4, 0.5) is 24.5 Å². The smallest absolute Gasteiger partial charge is 0.406 e. The van der Waals surface area contributed by atoms with Crippen LogP contribution in [0, 0.1) is 11.3 Å². The van der Waals surface area contributed by atoms with Crippen molar-refractivity contribution in [3.63, 3.8) is 0 Å². The van der Waals surface area contributed by atoms with E-state index in [1.54, 1.807) is 42.5 Å². The molecular formula is C23H14F3N3O2. The number of hydrogen-bond acceptors (Lipinski definition) is 4. The highest BCUT2D eigenvalue weighted by atomic mass is 19.4. The minimum Gasteiger partial charge on any atom is -0.406 e. The Kier molecular flexibility index (Phi) is 5.17. The molecule has 1 amide bonds. The van der Waals surface area contributed by atoms with Crippen LogP contribution in [-0.4, -0.2) is 18.0 Å². The van der Waals surface area contributed by atoms with E-state index in [1.165, 1.54) is 24.3 Å². The van der Waals surface area contributed by atoms with E-state index >= 15 is 0 Å². The normalized spacial score (nSPS) is 13.4. The van der Waals surface area contributed by atoms with Crippen LogP contribution in [0.3, 0.4) is 0 Å². The van der Waals surface area contributed by atoms with E-state index in [4.69, 9.17) is 5.26 Å². The van der Waals surface area contributed by atoms with Crippen molar-refractivity contribution in [2.75, 3.05) is 5.32 Å². The number of fused-ring (bicyclic) bond motifs is 1. The van der Waals surface area contributed by atoms with Gasteiger partial charge in [-0.2, -0.15) is 5.26 Å². The molecule has 0 saturated carbocycles. The first kappa shape index (κ1) is 20.2. The van der Waals surface area contributed by atoms with Gasteiger partial charge in [0, 0.05) is 0 Å². The molecule has 0 radical (unpaired) electrons. The molecule has 1 heterocycles. The first-order valence-corrected chi connectivity index (χ1v) is 9.19. The molecule has 0 atom stereocenters. The first-order chi connectivity index (χ1) is 14.8. The zero-order valence-electron chi connectivity index (χ0n) is 15.9. The van der Waals surface area contributed by atoms with E-state index in [0.717, 1.165) is 0 Å². The highest BCUT2D eigenvalue weighted by Gasteiger charge is 2.31. The number of aliphatic imine (C=N–C) groups is 1. The second-order valence-corrected chi connectivity index (χ2v) is 6.78. The molecule has 31 heavy (non-hydrogen) atoms. The van der Waals surface area contributed by atoms with Crippen molar-refractivity contribution in [1.82, 2.24) is 0 Å². The number of nitrogens with zero attached hydrogens (tertiary/aromatic N) is 2. The van der Waals surface area contributed by atoms with E-state index in [-0.39, 0.29) is 18.1 Å². The Bertz CT molecular complexity index is 1230. The number of nitriles is 1. The van der Waals surface area contributed by atoms with E-state index in [2.05, 4.69) is 21.1 Å². The molecule has 0 bridgehead atoms. The van der Waals surface area contributed by atoms with Gasteiger partial charge in [-0.05, 0) is 53.1 Å². The second-order valence-electron chi connectivity index (χ2n) is 6.78. The quantitative estimate of drug-likeness (QED) is 0.599. The number of benzene rings is 3. The number of alkyl halides is 3. The van der Waals surface area contributed by atoms with Gasteiger partial charge in [0.2, 0.25) is 5.91 Å². The molecule has 0 aromatic heterocycles. The summed E-state index contributed by atoms with van der Waals surface area (Å²) < 4.78 is 40.9. The fourth-order valence-electron chi connectivity index (χ4n) is 3.23. The minimum atomic E-state index is -4.75. The van der Waals surface area contributed by atoms with Gasteiger partial charge in [0.15, 0.2) is 0 Å². The molecular weight excluding hydrogens is 407 g/mol. The molecule has 0 aliphatic carbocycles. The molecule has 1 aliphatic rings. The highest BCUT2D eigenvalue weighted by molar-refractivity contribution is 6.17. The molecule has 154 valence electrons. The molecule has 0 saturated heterocycles. The fraction of sp³-hybridized carbons (Fsp3) is 0.0870. The van der Waals surface area contributed by atoms with Gasteiger partial charge in [0.05, 0.1) is 35.1 Å². The second kappa shape index (κ2) is 7.95. The first-order valence-electron chi connectivity index (χ1n) is 9.19. The van der Waals surface area contributed by atoms with Gasteiger partial charge in [-0.3, -0.25) is 9.79 Å². The number of halogens is 3. The minimum absolute atomic E-state index is 0.0440. The lowest BCUT2D eigenvalue weighted by molar-refractivity contribution is -0.274. The summed E-state index contributed by atoms with van der Waals surface area (Å²) in [5.41, 5.74) is 4.08. The molecule has 1 N–H and O–H groups in total. The summed E-state index contributed by atoms with van der Waals surface area (Å²) in [6.07, 6.45) is -4.71. The predicted octanol–water partition coefficient (Wildman–Crippen LogP) is 5.59. The fourth-order valence-corrected chi connectivity index (χ4v) is 3.23. The summed E-state index contributed by atoms with van der Waals surface area (Å²) in [5, 5.41) is 11.9. The van der Waals surface area contributed by atoms with E-state index in [1.807, 2.05) is 0 Å². The molecule has 1 aliphatic heterocycles. The number of ether oxygens (including phenoxy) is 1. The molecule has 0 unspecified atom stereocenters. The summed E-state index contributed by atoms with van der Waals surface area (Å²) in [6, 6.07) is 19.6. The Labute approximate surface area is 175 Å². The SMILES string of the molecule is N#Cc1cccc(C2=Nc3ccc(-c4ccc(OC(F)(F)F)cc4)cc3NC(=O)C2)c1. The lowest BCUT2D eigenvalue weighted by Crippen LogP contribution is -2.16. The van der Waals surface area contributed by atoms with E-state index in [0.29, 0.717) is 39.3 Å². The molecule has 4 rings (SSSR count). The molecule has 8 heteroatoms. The summed E-state index contributed by atoms with van der Waals surface area (Å²) >= 11 is 0. The van der Waals surface area contributed by atoms with Crippen LogP contribution in [-0.2, 0) is 4.79 Å². The third-order valence-electron chi connectivity index (χ3n) is 4.60. The van der Waals surface area contributed by atoms with Gasteiger partial charge in [-0.1, -0.05) is 30.3 Å². The van der Waals surface area contributed by atoms with Gasteiger partial charge < -0.3 is 10.1 Å². The Hall–Kier alpha value is -4.12. The van der Waals surface area contributed by atoms with Crippen LogP contribution >= 0.6 is 0 Å². The van der Waals surface area contributed by atoms with Crippen LogP contribution < -0.4 is 10.1 Å². The van der Waals surface area contributed by atoms with Crippen molar-refractivity contribution in [2.45, 2.75) is 12.8 Å². The monoisotopic (exact) mass is 421 g/mol. The summed E-state index contributed by atoms with van der Waals surface area (Å²) in [7, 11) is 0. The maximum absolute atomic E-state index is 12.4. The van der Waals surface area contributed by atoms with Crippen molar-refractivity contribution in [3.8, 4) is 22.9 Å². The zero-order valence-corrected chi connectivity index (χ0v) is 15.9. The molecule has 3 aromatic carbocycles. The zero-order chi connectivity index (χ0) is 22.0. The number of amides is 1. The highest BCUT2D eigenvalue weighted by Crippen LogP contribution is 2.34.